The van der Waals surface area contributed by atoms with E-state index in [1.165, 1.54) is 4.90 Å². The van der Waals surface area contributed by atoms with Crippen LogP contribution in [0, 0.1) is 0 Å². The number of carbonyl (C=O) groups is 3. The van der Waals surface area contributed by atoms with Crippen LogP contribution >= 0.6 is 0 Å². The van der Waals surface area contributed by atoms with E-state index in [9.17, 15) is 19.5 Å². The molecule has 6 heteroatoms. The van der Waals surface area contributed by atoms with Gasteiger partial charge in [0.2, 0.25) is 0 Å². The Balaban J connectivity index is 1.84. The van der Waals surface area contributed by atoms with E-state index in [2.05, 4.69) is 0 Å². The number of Topliss-reactive ketones (excluding diaryl/α,β-unsaturated/α-hetero) is 1. The smallest absolute Gasteiger partial charge is 0.307 e. The third kappa shape index (κ3) is 4.28. The minimum Gasteiger partial charge on any atom is -0.507 e. The number of aliphatic hydroxyl groups is 1. The lowest BCUT2D eigenvalue weighted by molar-refractivity contribution is -0.136. The van der Waals surface area contributed by atoms with E-state index in [0.29, 0.717) is 22.4 Å². The van der Waals surface area contributed by atoms with Crippen LogP contribution in [0.3, 0.4) is 0 Å². The van der Waals surface area contributed by atoms with Crippen LogP contribution in [0.1, 0.15) is 35.2 Å². The Morgan fingerprint density at radius 3 is 2.03 bits per heavy atom. The van der Waals surface area contributed by atoms with Gasteiger partial charge in [-0.1, -0.05) is 73.7 Å². The monoisotopic (exact) mass is 441 g/mol. The second-order valence-corrected chi connectivity index (χ2v) is 7.87. The first kappa shape index (κ1) is 22.0. The van der Waals surface area contributed by atoms with Crippen molar-refractivity contribution in [2.24, 2.45) is 0 Å². The SMILES string of the molecule is CCc1ccc(/C(O)=C2\C(=O)C(=O)N(c3ccc(CC(=O)O)cc3)C2c2ccccc2)cc1. The van der Waals surface area contributed by atoms with Gasteiger partial charge in [-0.05, 0) is 35.2 Å². The van der Waals surface area contributed by atoms with E-state index in [1.807, 2.05) is 25.1 Å². The molecule has 2 N–H and O–H groups in total. The van der Waals surface area contributed by atoms with Gasteiger partial charge in [0.05, 0.1) is 18.0 Å². The predicted molar refractivity (Wildman–Crippen MR) is 125 cm³/mol. The van der Waals surface area contributed by atoms with E-state index in [0.717, 1.165) is 12.0 Å². The maximum atomic E-state index is 13.1. The second kappa shape index (κ2) is 9.12. The largest absolute Gasteiger partial charge is 0.507 e. The molecule has 0 radical (unpaired) electrons. The van der Waals surface area contributed by atoms with Crippen molar-refractivity contribution in [2.45, 2.75) is 25.8 Å². The zero-order valence-electron chi connectivity index (χ0n) is 18.1. The van der Waals surface area contributed by atoms with Crippen LogP contribution in [-0.2, 0) is 27.2 Å². The number of benzene rings is 3. The molecular formula is C27H23NO5. The van der Waals surface area contributed by atoms with Crippen LogP contribution in [0.2, 0.25) is 0 Å². The van der Waals surface area contributed by atoms with Crippen molar-refractivity contribution < 1.29 is 24.6 Å². The second-order valence-electron chi connectivity index (χ2n) is 7.87. The molecule has 166 valence electrons. The van der Waals surface area contributed by atoms with Gasteiger partial charge in [-0.3, -0.25) is 19.3 Å². The number of amides is 1. The molecule has 0 aliphatic carbocycles. The molecule has 1 aliphatic heterocycles. The average Bonchev–Trinajstić information content (AvgIpc) is 3.10. The molecule has 3 aromatic carbocycles. The van der Waals surface area contributed by atoms with Gasteiger partial charge in [0.1, 0.15) is 5.76 Å². The summed E-state index contributed by atoms with van der Waals surface area (Å²) in [5.41, 5.74) is 3.27. The molecule has 1 unspecified atom stereocenters. The highest BCUT2D eigenvalue weighted by Crippen LogP contribution is 2.42. The summed E-state index contributed by atoms with van der Waals surface area (Å²) in [4.78, 5) is 38.6. The summed E-state index contributed by atoms with van der Waals surface area (Å²) in [6, 6.07) is 22.0. The number of carbonyl (C=O) groups excluding carboxylic acids is 2. The van der Waals surface area contributed by atoms with Gasteiger partial charge in [0, 0.05) is 11.3 Å². The molecule has 1 atom stereocenters. The standard InChI is InChI=1S/C27H23NO5/c1-2-17-8-12-20(13-9-17)25(31)23-24(19-6-4-3-5-7-19)28(27(33)26(23)32)21-14-10-18(11-15-21)16-22(29)30/h3-15,24,31H,2,16H2,1H3,(H,29,30)/b25-23+. The molecule has 1 amide bonds. The van der Waals surface area contributed by atoms with Gasteiger partial charge in [-0.2, -0.15) is 0 Å². The van der Waals surface area contributed by atoms with Gasteiger partial charge in [-0.15, -0.1) is 0 Å². The number of ketones is 1. The summed E-state index contributed by atoms with van der Waals surface area (Å²) in [7, 11) is 0. The normalized spacial score (nSPS) is 17.4. The number of hydrogen-bond acceptors (Lipinski definition) is 4. The lowest BCUT2D eigenvalue weighted by Gasteiger charge is -2.25. The first-order valence-corrected chi connectivity index (χ1v) is 10.7. The van der Waals surface area contributed by atoms with E-state index >= 15 is 0 Å². The highest BCUT2D eigenvalue weighted by atomic mass is 16.4. The Kier molecular flexibility index (Phi) is 6.09. The Labute approximate surface area is 191 Å². The maximum absolute atomic E-state index is 13.1. The molecule has 0 bridgehead atoms. The van der Waals surface area contributed by atoms with Crippen molar-refractivity contribution in [3.63, 3.8) is 0 Å². The highest BCUT2D eigenvalue weighted by molar-refractivity contribution is 6.51. The molecule has 0 aromatic heterocycles. The average molecular weight is 441 g/mol. The van der Waals surface area contributed by atoms with Gasteiger partial charge in [-0.25, -0.2) is 0 Å². The van der Waals surface area contributed by atoms with E-state index < -0.39 is 23.7 Å². The summed E-state index contributed by atoms with van der Waals surface area (Å²) in [5, 5.41) is 20.1. The maximum Gasteiger partial charge on any atom is 0.307 e. The Bertz CT molecular complexity index is 1230. The summed E-state index contributed by atoms with van der Waals surface area (Å²) >= 11 is 0. The topological polar surface area (TPSA) is 94.9 Å². The number of aliphatic hydroxyl groups excluding tert-OH is 1. The fourth-order valence-electron chi connectivity index (χ4n) is 4.05. The third-order valence-electron chi connectivity index (χ3n) is 5.77. The molecule has 1 heterocycles. The van der Waals surface area contributed by atoms with Crippen molar-refractivity contribution in [1.29, 1.82) is 0 Å². The minimum absolute atomic E-state index is 0.0186. The van der Waals surface area contributed by atoms with Crippen LogP contribution in [0.5, 0.6) is 0 Å². The first-order valence-electron chi connectivity index (χ1n) is 10.7. The molecule has 4 rings (SSSR count). The van der Waals surface area contributed by atoms with E-state index in [4.69, 9.17) is 5.11 Å². The lowest BCUT2D eigenvalue weighted by Crippen LogP contribution is -2.29. The number of carboxylic acids is 1. The predicted octanol–water partition coefficient (Wildman–Crippen LogP) is 4.50. The van der Waals surface area contributed by atoms with Crippen LogP contribution in [-0.4, -0.2) is 27.9 Å². The summed E-state index contributed by atoms with van der Waals surface area (Å²) in [5.74, 6) is -2.70. The van der Waals surface area contributed by atoms with Gasteiger partial charge in [0.25, 0.3) is 11.7 Å². The van der Waals surface area contributed by atoms with Crippen LogP contribution in [0.25, 0.3) is 5.76 Å². The summed E-state index contributed by atoms with van der Waals surface area (Å²) < 4.78 is 0. The van der Waals surface area contributed by atoms with Crippen molar-refractivity contribution in [2.75, 3.05) is 4.90 Å². The first-order chi connectivity index (χ1) is 15.9. The number of aryl methyl sites for hydroxylation is 1. The van der Waals surface area contributed by atoms with E-state index in [-0.39, 0.29) is 17.8 Å². The molecule has 0 saturated carbocycles. The fraction of sp³-hybridized carbons (Fsp3) is 0.148. The molecule has 1 aliphatic rings. The Morgan fingerprint density at radius 1 is 0.848 bits per heavy atom. The number of nitrogens with zero attached hydrogens (tertiary/aromatic N) is 1. The highest BCUT2D eigenvalue weighted by Gasteiger charge is 2.46. The van der Waals surface area contributed by atoms with Crippen molar-refractivity contribution >= 4 is 29.1 Å². The Morgan fingerprint density at radius 2 is 1.45 bits per heavy atom. The fourth-order valence-corrected chi connectivity index (χ4v) is 4.05. The van der Waals surface area contributed by atoms with Gasteiger partial charge in [0.15, 0.2) is 0 Å². The molecule has 1 saturated heterocycles. The zero-order chi connectivity index (χ0) is 23.5. The number of hydrogen-bond donors (Lipinski definition) is 2. The van der Waals surface area contributed by atoms with Crippen molar-refractivity contribution in [3.05, 3.63) is 107 Å². The molecular weight excluding hydrogens is 418 g/mol. The van der Waals surface area contributed by atoms with Crippen LogP contribution < -0.4 is 4.90 Å². The van der Waals surface area contributed by atoms with Crippen molar-refractivity contribution in [1.82, 2.24) is 0 Å². The third-order valence-corrected chi connectivity index (χ3v) is 5.77. The summed E-state index contributed by atoms with van der Waals surface area (Å²) in [6.45, 7) is 2.03. The number of carboxylic acid groups (broad SMARTS) is 1. The quantitative estimate of drug-likeness (QED) is 0.334. The zero-order valence-corrected chi connectivity index (χ0v) is 18.1. The Hall–Kier alpha value is -4.19. The summed E-state index contributed by atoms with van der Waals surface area (Å²) in [6.07, 6.45) is 0.697. The molecule has 1 fully saturated rings. The number of rotatable bonds is 6. The molecule has 3 aromatic rings. The lowest BCUT2D eigenvalue weighted by atomic mass is 9.94. The minimum atomic E-state index is -0.957. The van der Waals surface area contributed by atoms with E-state index in [1.54, 1.807) is 60.7 Å². The molecule has 33 heavy (non-hydrogen) atoms. The molecule has 0 spiro atoms. The number of aliphatic carboxylic acids is 1. The molecule has 6 nitrogen and oxygen atoms in total. The van der Waals surface area contributed by atoms with Crippen molar-refractivity contribution in [3.8, 4) is 0 Å². The van der Waals surface area contributed by atoms with Gasteiger partial charge < -0.3 is 10.2 Å². The number of anilines is 1. The van der Waals surface area contributed by atoms with Gasteiger partial charge >= 0.3 is 5.97 Å². The van der Waals surface area contributed by atoms with Crippen LogP contribution in [0.15, 0.2) is 84.4 Å². The van der Waals surface area contributed by atoms with Crippen LogP contribution in [0.4, 0.5) is 5.69 Å².